The van der Waals surface area contributed by atoms with Crippen molar-refractivity contribution in [2.24, 2.45) is 5.73 Å². The molecule has 18 heavy (non-hydrogen) atoms. The van der Waals surface area contributed by atoms with Gasteiger partial charge in [-0.15, -0.1) is 11.8 Å². The van der Waals surface area contributed by atoms with E-state index in [0.29, 0.717) is 12.6 Å². The quantitative estimate of drug-likeness (QED) is 0.775. The highest BCUT2D eigenvalue weighted by atomic mass is 32.2. The second-order valence-electron chi connectivity index (χ2n) is 4.60. The average Bonchev–Trinajstić information content (AvgIpc) is 2.93. The highest BCUT2D eigenvalue weighted by molar-refractivity contribution is 7.98. The fraction of sp³-hybridized carbons (Fsp3) is 0.571. The van der Waals surface area contributed by atoms with Gasteiger partial charge >= 0.3 is 0 Å². The van der Waals surface area contributed by atoms with Crippen molar-refractivity contribution in [3.63, 3.8) is 0 Å². The lowest BCUT2D eigenvalue weighted by Crippen LogP contribution is -2.34. The van der Waals surface area contributed by atoms with Crippen molar-refractivity contribution in [3.05, 3.63) is 29.8 Å². The molecule has 0 amide bonds. The Morgan fingerprint density at radius 3 is 2.78 bits per heavy atom. The van der Waals surface area contributed by atoms with Gasteiger partial charge in [0.25, 0.3) is 0 Å². The van der Waals surface area contributed by atoms with Crippen molar-refractivity contribution in [2.45, 2.75) is 29.9 Å². The predicted octanol–water partition coefficient (Wildman–Crippen LogP) is 2.18. The van der Waals surface area contributed by atoms with Crippen molar-refractivity contribution < 1.29 is 4.74 Å². The minimum atomic E-state index is 0.227. The van der Waals surface area contributed by atoms with Crippen LogP contribution in [0.5, 0.6) is 0 Å². The first-order chi connectivity index (χ1) is 8.83. The maximum absolute atomic E-state index is 5.85. The first kappa shape index (κ1) is 13.9. The van der Waals surface area contributed by atoms with Crippen LogP contribution in [0, 0.1) is 0 Å². The van der Waals surface area contributed by atoms with Crippen LogP contribution < -0.4 is 11.1 Å². The third-order valence-electron chi connectivity index (χ3n) is 3.37. The monoisotopic (exact) mass is 266 g/mol. The fourth-order valence-corrected chi connectivity index (χ4v) is 2.66. The lowest BCUT2D eigenvalue weighted by molar-refractivity contribution is 0.107. The summed E-state index contributed by atoms with van der Waals surface area (Å²) < 4.78 is 5.61. The maximum Gasteiger partial charge on any atom is 0.0700 e. The molecule has 0 radical (unpaired) electrons. The van der Waals surface area contributed by atoms with Gasteiger partial charge < -0.3 is 15.8 Å². The SMILES string of the molecule is CSc1ccc(C(CN)NCC2CCCO2)cc1. The molecule has 3 N–H and O–H groups in total. The summed E-state index contributed by atoms with van der Waals surface area (Å²) in [5.41, 5.74) is 7.11. The van der Waals surface area contributed by atoms with E-state index in [2.05, 4.69) is 35.8 Å². The largest absolute Gasteiger partial charge is 0.377 e. The minimum Gasteiger partial charge on any atom is -0.377 e. The number of nitrogens with one attached hydrogen (secondary N) is 1. The molecule has 0 aromatic heterocycles. The lowest BCUT2D eigenvalue weighted by atomic mass is 10.1. The Bertz CT molecular complexity index is 349. The van der Waals surface area contributed by atoms with Gasteiger partial charge in [-0.25, -0.2) is 0 Å². The zero-order valence-electron chi connectivity index (χ0n) is 10.9. The molecule has 0 bridgehead atoms. The Morgan fingerprint density at radius 1 is 1.44 bits per heavy atom. The van der Waals surface area contributed by atoms with Gasteiger partial charge in [0.2, 0.25) is 0 Å². The molecule has 1 heterocycles. The zero-order chi connectivity index (χ0) is 12.8. The number of ether oxygens (including phenoxy) is 1. The molecule has 1 aromatic rings. The smallest absolute Gasteiger partial charge is 0.0700 e. The van der Waals surface area contributed by atoms with Crippen molar-refractivity contribution >= 4 is 11.8 Å². The standard InChI is InChI=1S/C14H22N2OS/c1-18-13-6-4-11(5-7-13)14(9-15)16-10-12-3-2-8-17-12/h4-7,12,14,16H,2-3,8-10,15H2,1H3. The molecule has 1 fully saturated rings. The molecule has 0 aliphatic carbocycles. The Hall–Kier alpha value is -0.550. The molecule has 2 rings (SSSR count). The van der Waals surface area contributed by atoms with Crippen LogP contribution in [0.2, 0.25) is 0 Å². The maximum atomic E-state index is 5.85. The Kier molecular flexibility index (Phi) is 5.50. The second kappa shape index (κ2) is 7.14. The van der Waals surface area contributed by atoms with E-state index in [9.17, 15) is 0 Å². The number of rotatable bonds is 6. The van der Waals surface area contributed by atoms with E-state index in [1.807, 2.05) is 0 Å². The molecule has 1 aliphatic heterocycles. The molecule has 1 saturated heterocycles. The van der Waals surface area contributed by atoms with Crippen LogP contribution in [-0.2, 0) is 4.74 Å². The van der Waals surface area contributed by atoms with Crippen LogP contribution in [0.1, 0.15) is 24.4 Å². The van der Waals surface area contributed by atoms with Crippen LogP contribution in [0.25, 0.3) is 0 Å². The molecule has 0 spiro atoms. The van der Waals surface area contributed by atoms with Crippen LogP contribution in [0.3, 0.4) is 0 Å². The summed E-state index contributed by atoms with van der Waals surface area (Å²) in [6.07, 6.45) is 4.80. The van der Waals surface area contributed by atoms with E-state index in [0.717, 1.165) is 19.6 Å². The van der Waals surface area contributed by atoms with Gasteiger partial charge in [0.05, 0.1) is 6.10 Å². The van der Waals surface area contributed by atoms with Gasteiger partial charge in [-0.3, -0.25) is 0 Å². The third-order valence-corrected chi connectivity index (χ3v) is 4.11. The van der Waals surface area contributed by atoms with Crippen molar-refractivity contribution in [1.82, 2.24) is 5.32 Å². The van der Waals surface area contributed by atoms with Crippen LogP contribution in [-0.4, -0.2) is 32.1 Å². The number of benzene rings is 1. The molecule has 2 atom stereocenters. The molecule has 100 valence electrons. The number of hydrogen-bond donors (Lipinski definition) is 2. The first-order valence-corrected chi connectivity index (χ1v) is 7.75. The lowest BCUT2D eigenvalue weighted by Gasteiger charge is -2.20. The summed E-state index contributed by atoms with van der Waals surface area (Å²) in [7, 11) is 0. The molecule has 1 aliphatic rings. The van der Waals surface area contributed by atoms with Gasteiger partial charge in [0.1, 0.15) is 0 Å². The summed E-state index contributed by atoms with van der Waals surface area (Å²) in [4.78, 5) is 1.29. The van der Waals surface area contributed by atoms with Gasteiger partial charge in [-0.2, -0.15) is 0 Å². The molecule has 4 heteroatoms. The molecule has 1 aromatic carbocycles. The Balaban J connectivity index is 1.89. The van der Waals surface area contributed by atoms with E-state index in [1.54, 1.807) is 11.8 Å². The summed E-state index contributed by atoms with van der Waals surface area (Å²) >= 11 is 1.76. The highest BCUT2D eigenvalue weighted by Crippen LogP contribution is 2.19. The average molecular weight is 266 g/mol. The first-order valence-electron chi connectivity index (χ1n) is 6.52. The highest BCUT2D eigenvalue weighted by Gasteiger charge is 2.17. The van der Waals surface area contributed by atoms with Crippen molar-refractivity contribution in [2.75, 3.05) is 26.0 Å². The summed E-state index contributed by atoms with van der Waals surface area (Å²) in [5.74, 6) is 0. The Labute approximate surface area is 113 Å². The molecule has 2 unspecified atom stereocenters. The van der Waals surface area contributed by atoms with Gasteiger partial charge in [0, 0.05) is 30.6 Å². The third kappa shape index (κ3) is 3.72. The number of nitrogens with two attached hydrogens (primary N) is 1. The van der Waals surface area contributed by atoms with Gasteiger partial charge in [0.15, 0.2) is 0 Å². The van der Waals surface area contributed by atoms with E-state index in [-0.39, 0.29) is 6.04 Å². The van der Waals surface area contributed by atoms with Crippen molar-refractivity contribution in [1.29, 1.82) is 0 Å². The molecular weight excluding hydrogens is 244 g/mol. The van der Waals surface area contributed by atoms with Crippen LogP contribution >= 0.6 is 11.8 Å². The zero-order valence-corrected chi connectivity index (χ0v) is 11.7. The summed E-state index contributed by atoms with van der Waals surface area (Å²) in [6.45, 7) is 2.42. The van der Waals surface area contributed by atoms with Crippen LogP contribution in [0.4, 0.5) is 0 Å². The summed E-state index contributed by atoms with van der Waals surface area (Å²) in [6, 6.07) is 8.84. The number of thioether (sulfide) groups is 1. The number of hydrogen-bond acceptors (Lipinski definition) is 4. The van der Waals surface area contributed by atoms with E-state index < -0.39 is 0 Å². The topological polar surface area (TPSA) is 47.3 Å². The molecule has 3 nitrogen and oxygen atoms in total. The normalized spacial score (nSPS) is 21.1. The minimum absolute atomic E-state index is 0.227. The fourth-order valence-electron chi connectivity index (χ4n) is 2.25. The van der Waals surface area contributed by atoms with Crippen LogP contribution in [0.15, 0.2) is 29.2 Å². The van der Waals surface area contributed by atoms with Gasteiger partial charge in [-0.05, 0) is 36.8 Å². The Morgan fingerprint density at radius 2 is 2.22 bits per heavy atom. The molecule has 0 saturated carbocycles. The summed E-state index contributed by atoms with van der Waals surface area (Å²) in [5, 5.41) is 3.51. The van der Waals surface area contributed by atoms with Crippen molar-refractivity contribution in [3.8, 4) is 0 Å². The van der Waals surface area contributed by atoms with Gasteiger partial charge in [-0.1, -0.05) is 12.1 Å². The van der Waals surface area contributed by atoms with E-state index in [4.69, 9.17) is 10.5 Å². The molecular formula is C14H22N2OS. The van der Waals surface area contributed by atoms with E-state index >= 15 is 0 Å². The second-order valence-corrected chi connectivity index (χ2v) is 5.48. The predicted molar refractivity (Wildman–Crippen MR) is 77.0 cm³/mol. The van der Waals surface area contributed by atoms with E-state index in [1.165, 1.54) is 16.9 Å².